The van der Waals surface area contributed by atoms with Gasteiger partial charge in [0.1, 0.15) is 10.0 Å². The molecular formula is C18H25N5O2S. The Morgan fingerprint density at radius 1 is 1.15 bits per heavy atom. The molecule has 1 aromatic heterocycles. The fourth-order valence-electron chi connectivity index (χ4n) is 2.24. The van der Waals surface area contributed by atoms with Crippen molar-refractivity contribution in [2.24, 2.45) is 5.92 Å². The lowest BCUT2D eigenvalue weighted by Crippen LogP contribution is -2.28. The molecule has 0 aliphatic heterocycles. The largest absolute Gasteiger partial charge is 0.331 e. The topological polar surface area (TPSA) is 96.0 Å². The van der Waals surface area contributed by atoms with Crippen LogP contribution in [0.25, 0.3) is 0 Å². The molecule has 1 aromatic carbocycles. The van der Waals surface area contributed by atoms with Crippen LogP contribution in [-0.4, -0.2) is 22.1 Å². The van der Waals surface area contributed by atoms with Crippen LogP contribution in [0.1, 0.15) is 42.8 Å². The molecule has 26 heavy (non-hydrogen) atoms. The van der Waals surface area contributed by atoms with Gasteiger partial charge in [-0.05, 0) is 37.0 Å². The Labute approximate surface area is 157 Å². The van der Waals surface area contributed by atoms with Crippen molar-refractivity contribution in [3.8, 4) is 0 Å². The van der Waals surface area contributed by atoms with Crippen LogP contribution in [0.15, 0.2) is 18.2 Å². The maximum atomic E-state index is 12.1. The number of urea groups is 1. The van der Waals surface area contributed by atoms with Crippen LogP contribution in [0.5, 0.6) is 0 Å². The number of nitrogens with one attached hydrogen (secondary N) is 3. The third kappa shape index (κ3) is 6.11. The Bertz CT molecular complexity index is 773. The molecule has 2 aromatic rings. The number of aryl methyl sites for hydroxylation is 2. The zero-order valence-corrected chi connectivity index (χ0v) is 16.4. The van der Waals surface area contributed by atoms with E-state index in [1.165, 1.54) is 11.3 Å². The van der Waals surface area contributed by atoms with Gasteiger partial charge in [0.05, 0.1) is 6.54 Å². The highest BCUT2D eigenvalue weighted by atomic mass is 32.1. The third-order valence-corrected chi connectivity index (χ3v) is 4.64. The molecule has 0 aliphatic rings. The summed E-state index contributed by atoms with van der Waals surface area (Å²) in [6.07, 6.45) is 1.29. The van der Waals surface area contributed by atoms with Gasteiger partial charge in [0.15, 0.2) is 0 Å². The van der Waals surface area contributed by atoms with Crippen LogP contribution in [0.3, 0.4) is 0 Å². The van der Waals surface area contributed by atoms with Crippen LogP contribution >= 0.6 is 11.3 Å². The number of aromatic nitrogens is 2. The summed E-state index contributed by atoms with van der Waals surface area (Å²) in [4.78, 5) is 24.0. The molecule has 0 unspecified atom stereocenters. The second-order valence-corrected chi connectivity index (χ2v) is 7.57. The molecule has 0 atom stereocenters. The maximum absolute atomic E-state index is 12.1. The van der Waals surface area contributed by atoms with Crippen molar-refractivity contribution in [1.82, 2.24) is 15.5 Å². The molecule has 1 heterocycles. The molecule has 0 saturated carbocycles. The highest BCUT2D eigenvalue weighted by molar-refractivity contribution is 7.11. The van der Waals surface area contributed by atoms with Crippen LogP contribution in [-0.2, 0) is 17.8 Å². The Morgan fingerprint density at radius 2 is 1.88 bits per heavy atom. The molecule has 0 bridgehead atoms. The lowest BCUT2D eigenvalue weighted by molar-refractivity contribution is -0.116. The van der Waals surface area contributed by atoms with Gasteiger partial charge in [-0.15, -0.1) is 10.2 Å². The summed E-state index contributed by atoms with van der Waals surface area (Å²) in [5, 5.41) is 18.2. The van der Waals surface area contributed by atoms with E-state index < -0.39 is 0 Å². The van der Waals surface area contributed by atoms with Gasteiger partial charge in [0.2, 0.25) is 5.91 Å². The number of carbonyl (C=O) groups excluding carboxylic acids is 2. The molecule has 3 amide bonds. The molecule has 3 N–H and O–H groups in total. The SMILES string of the molecule is CCc1nnc(CNC(=O)Nc2cc(NC(=O)CC(C)C)ccc2C)s1. The first-order valence-corrected chi connectivity index (χ1v) is 9.45. The fraction of sp³-hybridized carbons (Fsp3) is 0.444. The number of benzene rings is 1. The molecule has 2 rings (SSSR count). The zero-order valence-electron chi connectivity index (χ0n) is 15.5. The highest BCUT2D eigenvalue weighted by Crippen LogP contribution is 2.21. The molecule has 0 aliphatic carbocycles. The molecule has 0 fully saturated rings. The van der Waals surface area contributed by atoms with Crippen molar-refractivity contribution in [2.75, 3.05) is 10.6 Å². The second kappa shape index (κ2) is 9.28. The van der Waals surface area contributed by atoms with E-state index in [1.807, 2.05) is 39.8 Å². The Balaban J connectivity index is 1.93. The van der Waals surface area contributed by atoms with Gasteiger partial charge in [0.25, 0.3) is 0 Å². The minimum Gasteiger partial charge on any atom is -0.331 e. The number of amides is 3. The minimum atomic E-state index is -0.327. The Kier molecular flexibility index (Phi) is 7.08. The first-order chi connectivity index (χ1) is 12.4. The lowest BCUT2D eigenvalue weighted by Gasteiger charge is -2.12. The highest BCUT2D eigenvalue weighted by Gasteiger charge is 2.10. The van der Waals surface area contributed by atoms with E-state index in [-0.39, 0.29) is 17.9 Å². The van der Waals surface area contributed by atoms with E-state index in [9.17, 15) is 9.59 Å². The predicted octanol–water partition coefficient (Wildman–Crippen LogP) is 3.72. The molecule has 0 spiro atoms. The van der Waals surface area contributed by atoms with E-state index in [0.717, 1.165) is 22.0 Å². The average molecular weight is 375 g/mol. The van der Waals surface area contributed by atoms with Gasteiger partial charge in [-0.3, -0.25) is 4.79 Å². The molecule has 0 radical (unpaired) electrons. The van der Waals surface area contributed by atoms with Crippen LogP contribution < -0.4 is 16.0 Å². The fourth-order valence-corrected chi connectivity index (χ4v) is 2.97. The van der Waals surface area contributed by atoms with E-state index in [0.29, 0.717) is 24.3 Å². The number of carbonyl (C=O) groups is 2. The number of nitrogens with zero attached hydrogens (tertiary/aromatic N) is 2. The summed E-state index contributed by atoms with van der Waals surface area (Å²) in [6, 6.07) is 5.11. The summed E-state index contributed by atoms with van der Waals surface area (Å²) in [6.45, 7) is 8.22. The summed E-state index contributed by atoms with van der Waals surface area (Å²) < 4.78 is 0. The van der Waals surface area contributed by atoms with Crippen molar-refractivity contribution >= 4 is 34.6 Å². The molecule has 7 nitrogen and oxygen atoms in total. The smallest absolute Gasteiger partial charge is 0.319 e. The van der Waals surface area contributed by atoms with Gasteiger partial charge in [-0.25, -0.2) is 4.79 Å². The summed E-state index contributed by atoms with van der Waals surface area (Å²) in [5.74, 6) is 0.250. The van der Waals surface area contributed by atoms with Gasteiger partial charge in [-0.1, -0.05) is 38.2 Å². The van der Waals surface area contributed by atoms with Crippen LogP contribution in [0, 0.1) is 12.8 Å². The Morgan fingerprint density at radius 3 is 2.54 bits per heavy atom. The van der Waals surface area contributed by atoms with Crippen molar-refractivity contribution < 1.29 is 9.59 Å². The lowest BCUT2D eigenvalue weighted by atomic mass is 10.1. The number of rotatable bonds is 7. The average Bonchev–Trinajstić information content (AvgIpc) is 3.03. The minimum absolute atomic E-state index is 0.0396. The van der Waals surface area contributed by atoms with E-state index >= 15 is 0 Å². The van der Waals surface area contributed by atoms with E-state index in [1.54, 1.807) is 6.07 Å². The number of hydrogen-bond acceptors (Lipinski definition) is 5. The van der Waals surface area contributed by atoms with Crippen molar-refractivity contribution in [2.45, 2.75) is 47.1 Å². The Hall–Kier alpha value is -2.48. The van der Waals surface area contributed by atoms with Crippen molar-refractivity contribution in [3.63, 3.8) is 0 Å². The first-order valence-electron chi connectivity index (χ1n) is 8.64. The summed E-state index contributed by atoms with van der Waals surface area (Å²) in [5.41, 5.74) is 2.22. The molecule has 0 saturated heterocycles. The maximum Gasteiger partial charge on any atom is 0.319 e. The van der Waals surface area contributed by atoms with Crippen LogP contribution in [0.4, 0.5) is 16.2 Å². The summed E-state index contributed by atoms with van der Waals surface area (Å²) >= 11 is 1.49. The first kappa shape index (κ1) is 19.8. The van der Waals surface area contributed by atoms with E-state index in [2.05, 4.69) is 26.1 Å². The number of hydrogen-bond donors (Lipinski definition) is 3. The predicted molar refractivity (Wildman–Crippen MR) is 104 cm³/mol. The molecule has 140 valence electrons. The van der Waals surface area contributed by atoms with Crippen molar-refractivity contribution in [1.29, 1.82) is 0 Å². The molecule has 8 heteroatoms. The van der Waals surface area contributed by atoms with Gasteiger partial charge >= 0.3 is 6.03 Å². The van der Waals surface area contributed by atoms with Gasteiger partial charge < -0.3 is 16.0 Å². The third-order valence-electron chi connectivity index (χ3n) is 3.57. The van der Waals surface area contributed by atoms with Crippen LogP contribution in [0.2, 0.25) is 0 Å². The monoisotopic (exact) mass is 375 g/mol. The number of anilines is 2. The van der Waals surface area contributed by atoms with Crippen molar-refractivity contribution in [3.05, 3.63) is 33.8 Å². The van der Waals surface area contributed by atoms with E-state index in [4.69, 9.17) is 0 Å². The summed E-state index contributed by atoms with van der Waals surface area (Å²) in [7, 11) is 0. The second-order valence-electron chi connectivity index (χ2n) is 6.43. The molecular weight excluding hydrogens is 350 g/mol. The van der Waals surface area contributed by atoms with Gasteiger partial charge in [0, 0.05) is 17.8 Å². The zero-order chi connectivity index (χ0) is 19.1. The quantitative estimate of drug-likeness (QED) is 0.687. The van der Waals surface area contributed by atoms with Gasteiger partial charge in [-0.2, -0.15) is 0 Å². The normalized spacial score (nSPS) is 10.7. The standard InChI is InChI=1S/C18H25N5O2S/c1-5-16-22-23-17(26-16)10-19-18(25)21-14-9-13(7-6-12(14)4)20-15(24)8-11(2)3/h6-7,9,11H,5,8,10H2,1-4H3,(H,20,24)(H2,19,21,25).